The highest BCUT2D eigenvalue weighted by Gasteiger charge is 2.15. The van der Waals surface area contributed by atoms with Crippen LogP contribution in [0.5, 0.6) is 0 Å². The first kappa shape index (κ1) is 12.9. The lowest BCUT2D eigenvalue weighted by Gasteiger charge is -2.08. The SMILES string of the molecule is O=[N+]([O-])c1cccc(Cl)c1NCCc1cccs1. The van der Waals surface area contributed by atoms with Gasteiger partial charge in [0.15, 0.2) is 0 Å². The molecule has 1 N–H and O–H groups in total. The molecular weight excluding hydrogens is 272 g/mol. The standard InChI is InChI=1S/C12H11ClN2O2S/c13-10-4-1-5-11(15(16)17)12(10)14-7-6-9-3-2-8-18-9/h1-5,8,14H,6-7H2. The van der Waals surface area contributed by atoms with Crippen molar-refractivity contribution in [2.24, 2.45) is 0 Å². The van der Waals surface area contributed by atoms with Crippen molar-refractivity contribution >= 4 is 34.3 Å². The number of para-hydroxylation sites is 1. The van der Waals surface area contributed by atoms with Crippen LogP contribution in [-0.4, -0.2) is 11.5 Å². The molecule has 0 aliphatic heterocycles. The highest BCUT2D eigenvalue weighted by molar-refractivity contribution is 7.09. The summed E-state index contributed by atoms with van der Waals surface area (Å²) in [5.74, 6) is 0. The Morgan fingerprint density at radius 1 is 1.33 bits per heavy atom. The number of nitrogens with zero attached hydrogens (tertiary/aromatic N) is 1. The van der Waals surface area contributed by atoms with Gasteiger partial charge >= 0.3 is 0 Å². The first-order chi connectivity index (χ1) is 8.68. The molecule has 0 saturated heterocycles. The number of nitro benzene ring substituents is 1. The average Bonchev–Trinajstić information content (AvgIpc) is 2.84. The Morgan fingerprint density at radius 3 is 2.83 bits per heavy atom. The molecule has 0 spiro atoms. The Morgan fingerprint density at radius 2 is 2.17 bits per heavy atom. The van der Waals surface area contributed by atoms with Gasteiger partial charge < -0.3 is 5.32 Å². The van der Waals surface area contributed by atoms with Gasteiger partial charge in [0.25, 0.3) is 5.69 Å². The van der Waals surface area contributed by atoms with E-state index in [9.17, 15) is 10.1 Å². The van der Waals surface area contributed by atoms with Crippen LogP contribution in [0.15, 0.2) is 35.7 Å². The molecule has 0 bridgehead atoms. The maximum absolute atomic E-state index is 10.9. The molecule has 0 unspecified atom stereocenters. The quantitative estimate of drug-likeness (QED) is 0.667. The second-order valence-corrected chi connectivity index (χ2v) is 5.09. The van der Waals surface area contributed by atoms with Crippen molar-refractivity contribution in [3.63, 3.8) is 0 Å². The van der Waals surface area contributed by atoms with Crippen LogP contribution in [0, 0.1) is 10.1 Å². The van der Waals surface area contributed by atoms with E-state index in [0.29, 0.717) is 17.3 Å². The monoisotopic (exact) mass is 282 g/mol. The van der Waals surface area contributed by atoms with Gasteiger partial charge in [0.1, 0.15) is 5.69 Å². The summed E-state index contributed by atoms with van der Waals surface area (Å²) in [6.45, 7) is 0.616. The van der Waals surface area contributed by atoms with Gasteiger partial charge in [0.05, 0.1) is 9.95 Å². The minimum atomic E-state index is -0.431. The molecule has 94 valence electrons. The van der Waals surface area contributed by atoms with Crippen molar-refractivity contribution in [2.75, 3.05) is 11.9 Å². The largest absolute Gasteiger partial charge is 0.378 e. The van der Waals surface area contributed by atoms with Gasteiger partial charge in [-0.2, -0.15) is 0 Å². The molecule has 1 heterocycles. The molecule has 1 aromatic carbocycles. The molecule has 2 rings (SSSR count). The van der Waals surface area contributed by atoms with Crippen LogP contribution in [0.25, 0.3) is 0 Å². The van der Waals surface area contributed by atoms with Crippen LogP contribution in [0.4, 0.5) is 11.4 Å². The van der Waals surface area contributed by atoms with E-state index >= 15 is 0 Å². The third-order valence-electron chi connectivity index (χ3n) is 2.44. The van der Waals surface area contributed by atoms with E-state index < -0.39 is 4.92 Å². The van der Waals surface area contributed by atoms with E-state index in [-0.39, 0.29) is 5.69 Å². The lowest BCUT2D eigenvalue weighted by atomic mass is 10.2. The predicted octanol–water partition coefficient (Wildman–Crippen LogP) is 3.96. The van der Waals surface area contributed by atoms with Crippen molar-refractivity contribution in [1.29, 1.82) is 0 Å². The minimum absolute atomic E-state index is 0.00804. The Bertz CT molecular complexity index is 543. The van der Waals surface area contributed by atoms with Crippen molar-refractivity contribution in [2.45, 2.75) is 6.42 Å². The summed E-state index contributed by atoms with van der Waals surface area (Å²) in [5, 5.41) is 16.3. The van der Waals surface area contributed by atoms with E-state index in [0.717, 1.165) is 6.42 Å². The fourth-order valence-corrected chi connectivity index (χ4v) is 2.55. The summed E-state index contributed by atoms with van der Waals surface area (Å²) in [7, 11) is 0. The van der Waals surface area contributed by atoms with E-state index in [1.807, 2.05) is 17.5 Å². The highest BCUT2D eigenvalue weighted by atomic mass is 35.5. The molecule has 0 atom stereocenters. The summed E-state index contributed by atoms with van der Waals surface area (Å²) in [4.78, 5) is 11.7. The summed E-state index contributed by atoms with van der Waals surface area (Å²) >= 11 is 7.64. The molecular formula is C12H11ClN2O2S. The van der Waals surface area contributed by atoms with E-state index in [1.165, 1.54) is 10.9 Å². The maximum Gasteiger partial charge on any atom is 0.293 e. The van der Waals surface area contributed by atoms with Crippen LogP contribution < -0.4 is 5.32 Å². The minimum Gasteiger partial charge on any atom is -0.378 e. The van der Waals surface area contributed by atoms with E-state index in [4.69, 9.17) is 11.6 Å². The number of halogens is 1. The number of benzene rings is 1. The molecule has 0 radical (unpaired) electrons. The Kier molecular flexibility index (Phi) is 4.17. The molecule has 4 nitrogen and oxygen atoms in total. The molecule has 0 amide bonds. The first-order valence-corrected chi connectivity index (χ1v) is 6.63. The van der Waals surface area contributed by atoms with Crippen LogP contribution in [0.1, 0.15) is 4.88 Å². The van der Waals surface area contributed by atoms with Gasteiger partial charge in [-0.1, -0.05) is 23.7 Å². The molecule has 0 saturated carbocycles. The Hall–Kier alpha value is -1.59. The Labute approximate surface area is 113 Å². The number of nitrogens with one attached hydrogen (secondary N) is 1. The van der Waals surface area contributed by atoms with Crippen LogP contribution >= 0.6 is 22.9 Å². The fraction of sp³-hybridized carbons (Fsp3) is 0.167. The normalized spacial score (nSPS) is 10.3. The summed E-state index contributed by atoms with van der Waals surface area (Å²) in [6.07, 6.45) is 0.819. The van der Waals surface area contributed by atoms with Gasteiger partial charge in [0.2, 0.25) is 0 Å². The summed E-state index contributed by atoms with van der Waals surface area (Å²) < 4.78 is 0. The van der Waals surface area contributed by atoms with E-state index in [2.05, 4.69) is 5.32 Å². The summed E-state index contributed by atoms with van der Waals surface area (Å²) in [5.41, 5.74) is 0.398. The zero-order valence-electron chi connectivity index (χ0n) is 9.43. The smallest absolute Gasteiger partial charge is 0.293 e. The van der Waals surface area contributed by atoms with Gasteiger partial charge in [0, 0.05) is 17.5 Å². The zero-order chi connectivity index (χ0) is 13.0. The molecule has 0 fully saturated rings. The maximum atomic E-state index is 10.9. The van der Waals surface area contributed by atoms with Crippen LogP contribution in [-0.2, 0) is 6.42 Å². The molecule has 6 heteroatoms. The number of thiophene rings is 1. The molecule has 18 heavy (non-hydrogen) atoms. The average molecular weight is 283 g/mol. The topological polar surface area (TPSA) is 55.2 Å². The number of nitro groups is 1. The highest BCUT2D eigenvalue weighted by Crippen LogP contribution is 2.31. The summed E-state index contributed by atoms with van der Waals surface area (Å²) in [6, 6.07) is 8.68. The third-order valence-corrected chi connectivity index (χ3v) is 3.69. The number of hydrogen-bond donors (Lipinski definition) is 1. The lowest BCUT2D eigenvalue weighted by molar-refractivity contribution is -0.383. The van der Waals surface area contributed by atoms with Crippen molar-refractivity contribution in [1.82, 2.24) is 0 Å². The van der Waals surface area contributed by atoms with Crippen molar-refractivity contribution in [3.05, 3.63) is 55.7 Å². The van der Waals surface area contributed by atoms with Crippen LogP contribution in [0.2, 0.25) is 5.02 Å². The number of rotatable bonds is 5. The van der Waals surface area contributed by atoms with Gasteiger partial charge in [-0.25, -0.2) is 0 Å². The van der Waals surface area contributed by atoms with Gasteiger partial charge in [-0.3, -0.25) is 10.1 Å². The van der Waals surface area contributed by atoms with Crippen molar-refractivity contribution < 1.29 is 4.92 Å². The predicted molar refractivity (Wildman–Crippen MR) is 74.6 cm³/mol. The van der Waals surface area contributed by atoms with Crippen LogP contribution in [0.3, 0.4) is 0 Å². The molecule has 2 aromatic rings. The Balaban J connectivity index is 2.06. The van der Waals surface area contributed by atoms with Gasteiger partial charge in [-0.15, -0.1) is 11.3 Å². The van der Waals surface area contributed by atoms with Gasteiger partial charge in [-0.05, 0) is 23.9 Å². The van der Waals surface area contributed by atoms with E-state index in [1.54, 1.807) is 23.5 Å². The second kappa shape index (κ2) is 5.84. The first-order valence-electron chi connectivity index (χ1n) is 5.37. The van der Waals surface area contributed by atoms with Crippen molar-refractivity contribution in [3.8, 4) is 0 Å². The molecule has 0 aliphatic carbocycles. The second-order valence-electron chi connectivity index (χ2n) is 3.65. The molecule has 1 aromatic heterocycles. The number of hydrogen-bond acceptors (Lipinski definition) is 4. The number of anilines is 1. The third kappa shape index (κ3) is 3.00. The zero-order valence-corrected chi connectivity index (χ0v) is 11.0. The molecule has 0 aliphatic rings. The fourth-order valence-electron chi connectivity index (χ4n) is 1.61. The lowest BCUT2D eigenvalue weighted by Crippen LogP contribution is -2.06.